The van der Waals surface area contributed by atoms with E-state index >= 15 is 0 Å². The number of nitrogens with one attached hydrogen (secondary N) is 1. The summed E-state index contributed by atoms with van der Waals surface area (Å²) in [5.74, 6) is 0.672. The number of rotatable bonds is 4. The first-order valence-electron chi connectivity index (χ1n) is 7.70. The summed E-state index contributed by atoms with van der Waals surface area (Å²) in [5.41, 5.74) is 2.35. The fraction of sp³-hybridized carbons (Fsp3) is 0.412. The summed E-state index contributed by atoms with van der Waals surface area (Å²) in [6.45, 7) is 0.839. The maximum atomic E-state index is 12.5. The van der Waals surface area contributed by atoms with E-state index in [4.69, 9.17) is 0 Å². The molecule has 0 spiro atoms. The molecule has 1 aliphatic carbocycles. The first kappa shape index (κ1) is 15.3. The molecular weight excluding hydrogens is 342 g/mol. The van der Waals surface area contributed by atoms with Gasteiger partial charge in [0.25, 0.3) is 5.91 Å². The largest absolute Gasteiger partial charge is 0.340 e. The number of hydrogen-bond donors (Lipinski definition) is 1. The Bertz CT molecular complexity index is 644. The zero-order valence-electron chi connectivity index (χ0n) is 12.7. The summed E-state index contributed by atoms with van der Waals surface area (Å²) in [5, 5.41) is 7.14. The molecule has 0 aliphatic heterocycles. The molecule has 1 fully saturated rings. The maximum Gasteiger partial charge on any atom is 0.271 e. The molecule has 0 atom stereocenters. The molecule has 1 heterocycles. The van der Waals surface area contributed by atoms with Gasteiger partial charge in [0.15, 0.2) is 0 Å². The van der Waals surface area contributed by atoms with E-state index in [1.165, 1.54) is 25.7 Å². The molecule has 0 unspecified atom stereocenters. The fourth-order valence-electron chi connectivity index (χ4n) is 3.07. The Morgan fingerprint density at radius 3 is 2.68 bits per heavy atom. The smallest absolute Gasteiger partial charge is 0.271 e. The van der Waals surface area contributed by atoms with E-state index in [0.29, 0.717) is 11.6 Å². The summed E-state index contributed by atoms with van der Waals surface area (Å²) in [4.78, 5) is 14.3. The Kier molecular flexibility index (Phi) is 4.62. The van der Waals surface area contributed by atoms with Crippen LogP contribution < -0.4 is 0 Å². The average Bonchev–Trinajstić information content (AvgIpc) is 3.18. The van der Waals surface area contributed by atoms with Gasteiger partial charge in [-0.25, -0.2) is 0 Å². The van der Waals surface area contributed by atoms with Crippen molar-refractivity contribution in [1.29, 1.82) is 0 Å². The average molecular weight is 362 g/mol. The van der Waals surface area contributed by atoms with Crippen molar-refractivity contribution in [3.63, 3.8) is 0 Å². The number of aromatic nitrogens is 2. The molecule has 2 aromatic rings. The normalized spacial score (nSPS) is 15.2. The Morgan fingerprint density at radius 1 is 1.32 bits per heavy atom. The van der Waals surface area contributed by atoms with Crippen molar-refractivity contribution in [3.8, 4) is 11.3 Å². The third-order valence-corrected chi connectivity index (χ3v) is 4.83. The van der Waals surface area contributed by atoms with Crippen LogP contribution >= 0.6 is 15.9 Å². The van der Waals surface area contributed by atoms with Gasteiger partial charge in [-0.3, -0.25) is 9.89 Å². The Balaban J connectivity index is 1.69. The number of amides is 1. The van der Waals surface area contributed by atoms with Crippen molar-refractivity contribution in [3.05, 3.63) is 40.5 Å². The number of aromatic amines is 1. The number of carbonyl (C=O) groups is 1. The highest BCUT2D eigenvalue weighted by atomic mass is 79.9. The van der Waals surface area contributed by atoms with E-state index in [1.807, 2.05) is 42.3 Å². The van der Waals surface area contributed by atoms with Crippen LogP contribution in [0, 0.1) is 5.92 Å². The Morgan fingerprint density at radius 2 is 2.00 bits per heavy atom. The minimum atomic E-state index is 0.0164. The van der Waals surface area contributed by atoms with Gasteiger partial charge < -0.3 is 4.90 Å². The van der Waals surface area contributed by atoms with Crippen LogP contribution in [0.5, 0.6) is 0 Å². The van der Waals surface area contributed by atoms with Gasteiger partial charge in [0.1, 0.15) is 5.69 Å². The van der Waals surface area contributed by atoms with Gasteiger partial charge in [-0.2, -0.15) is 5.10 Å². The lowest BCUT2D eigenvalue weighted by molar-refractivity contribution is 0.0767. The SMILES string of the molecule is CN(CC1CCCC1)C(=O)c1cc(-c2ccc(Br)cc2)n[nH]1. The highest BCUT2D eigenvalue weighted by Gasteiger charge is 2.21. The molecule has 3 rings (SSSR count). The summed E-state index contributed by atoms with van der Waals surface area (Å²) in [6, 6.07) is 9.74. The summed E-state index contributed by atoms with van der Waals surface area (Å²) in [6.07, 6.45) is 5.07. The van der Waals surface area contributed by atoms with Gasteiger partial charge in [0.05, 0.1) is 5.69 Å². The van der Waals surface area contributed by atoms with E-state index in [0.717, 1.165) is 22.3 Å². The third-order valence-electron chi connectivity index (χ3n) is 4.30. The molecule has 1 aromatic heterocycles. The van der Waals surface area contributed by atoms with Crippen LogP contribution in [0.2, 0.25) is 0 Å². The Hall–Kier alpha value is -1.62. The van der Waals surface area contributed by atoms with Crippen molar-refractivity contribution < 1.29 is 4.79 Å². The maximum absolute atomic E-state index is 12.5. The zero-order chi connectivity index (χ0) is 15.5. The lowest BCUT2D eigenvalue weighted by Gasteiger charge is -2.20. The van der Waals surface area contributed by atoms with Crippen LogP contribution in [-0.4, -0.2) is 34.6 Å². The van der Waals surface area contributed by atoms with Crippen LogP contribution in [-0.2, 0) is 0 Å². The lowest BCUT2D eigenvalue weighted by atomic mass is 10.1. The summed E-state index contributed by atoms with van der Waals surface area (Å²) >= 11 is 3.42. The summed E-state index contributed by atoms with van der Waals surface area (Å²) in [7, 11) is 1.88. The van der Waals surface area contributed by atoms with Crippen LogP contribution in [0.3, 0.4) is 0 Å². The van der Waals surface area contributed by atoms with Gasteiger partial charge >= 0.3 is 0 Å². The van der Waals surface area contributed by atoms with E-state index in [1.54, 1.807) is 0 Å². The van der Waals surface area contributed by atoms with Crippen LogP contribution in [0.4, 0.5) is 0 Å². The number of nitrogens with zero attached hydrogens (tertiary/aromatic N) is 2. The van der Waals surface area contributed by atoms with Gasteiger partial charge in [-0.05, 0) is 37.0 Å². The monoisotopic (exact) mass is 361 g/mol. The molecule has 0 radical (unpaired) electrons. The van der Waals surface area contributed by atoms with Crippen LogP contribution in [0.15, 0.2) is 34.8 Å². The van der Waals surface area contributed by atoms with Gasteiger partial charge in [0.2, 0.25) is 0 Å². The van der Waals surface area contributed by atoms with Crippen molar-refractivity contribution in [2.24, 2.45) is 5.92 Å². The Labute approximate surface area is 139 Å². The summed E-state index contributed by atoms with van der Waals surface area (Å²) < 4.78 is 1.03. The van der Waals surface area contributed by atoms with Crippen LogP contribution in [0.25, 0.3) is 11.3 Å². The first-order chi connectivity index (χ1) is 10.6. The van der Waals surface area contributed by atoms with Crippen LogP contribution in [0.1, 0.15) is 36.2 Å². The lowest BCUT2D eigenvalue weighted by Crippen LogP contribution is -2.31. The molecule has 1 N–H and O–H groups in total. The minimum Gasteiger partial charge on any atom is -0.340 e. The van der Waals surface area contributed by atoms with Crippen molar-refractivity contribution in [1.82, 2.24) is 15.1 Å². The van der Waals surface area contributed by atoms with Crippen molar-refractivity contribution in [2.75, 3.05) is 13.6 Å². The number of hydrogen-bond acceptors (Lipinski definition) is 2. The van der Waals surface area contributed by atoms with E-state index < -0.39 is 0 Å². The molecule has 1 aromatic carbocycles. The number of carbonyl (C=O) groups excluding carboxylic acids is 1. The molecule has 4 nitrogen and oxygen atoms in total. The molecule has 1 aliphatic rings. The molecular formula is C17H20BrN3O. The van der Waals surface area contributed by atoms with Crippen molar-refractivity contribution in [2.45, 2.75) is 25.7 Å². The fourth-order valence-corrected chi connectivity index (χ4v) is 3.33. The number of H-pyrrole nitrogens is 1. The second-order valence-electron chi connectivity index (χ2n) is 6.01. The molecule has 1 saturated carbocycles. The second kappa shape index (κ2) is 6.65. The first-order valence-corrected chi connectivity index (χ1v) is 8.49. The predicted molar refractivity (Wildman–Crippen MR) is 90.6 cm³/mol. The van der Waals surface area contributed by atoms with Gasteiger partial charge in [-0.1, -0.05) is 40.9 Å². The van der Waals surface area contributed by atoms with Gasteiger partial charge in [-0.15, -0.1) is 0 Å². The highest BCUT2D eigenvalue weighted by Crippen LogP contribution is 2.26. The van der Waals surface area contributed by atoms with Crippen molar-refractivity contribution >= 4 is 21.8 Å². The second-order valence-corrected chi connectivity index (χ2v) is 6.93. The van der Waals surface area contributed by atoms with E-state index in [9.17, 15) is 4.79 Å². The topological polar surface area (TPSA) is 49.0 Å². The molecule has 0 saturated heterocycles. The number of benzene rings is 1. The predicted octanol–water partition coefficient (Wildman–Crippen LogP) is 4.10. The minimum absolute atomic E-state index is 0.0164. The molecule has 0 bridgehead atoms. The number of halogens is 1. The third kappa shape index (κ3) is 3.40. The molecule has 5 heteroatoms. The van der Waals surface area contributed by atoms with E-state index in [2.05, 4.69) is 26.1 Å². The quantitative estimate of drug-likeness (QED) is 0.890. The van der Waals surface area contributed by atoms with Gasteiger partial charge in [0, 0.05) is 23.6 Å². The molecule has 116 valence electrons. The zero-order valence-corrected chi connectivity index (χ0v) is 14.3. The molecule has 1 amide bonds. The van der Waals surface area contributed by atoms with E-state index in [-0.39, 0.29) is 5.91 Å². The standard InChI is InChI=1S/C17H20BrN3O/c1-21(11-12-4-2-3-5-12)17(22)16-10-15(19-20-16)13-6-8-14(18)9-7-13/h6-10,12H,2-5,11H2,1H3,(H,19,20). The molecule has 22 heavy (non-hydrogen) atoms. The highest BCUT2D eigenvalue weighted by molar-refractivity contribution is 9.10.